The highest BCUT2D eigenvalue weighted by atomic mass is 32.2. The van der Waals surface area contributed by atoms with Crippen LogP contribution in [0.1, 0.15) is 11.7 Å². The van der Waals surface area contributed by atoms with Crippen molar-refractivity contribution in [3.05, 3.63) is 42.0 Å². The predicted octanol–water partition coefficient (Wildman–Crippen LogP) is 2.26. The van der Waals surface area contributed by atoms with Gasteiger partial charge in [-0.2, -0.15) is 4.98 Å². The molecule has 0 aliphatic carbocycles. The van der Waals surface area contributed by atoms with Gasteiger partial charge in [-0.05, 0) is 12.1 Å². The van der Waals surface area contributed by atoms with E-state index >= 15 is 0 Å². The molecule has 0 fully saturated rings. The fourth-order valence-corrected chi connectivity index (χ4v) is 2.20. The molecule has 4 nitrogen and oxygen atoms in total. The molecule has 1 aromatic carbocycles. The van der Waals surface area contributed by atoms with Crippen LogP contribution in [0.4, 0.5) is 0 Å². The number of benzene rings is 1. The van der Waals surface area contributed by atoms with Crippen LogP contribution >= 0.6 is 11.8 Å². The maximum absolute atomic E-state index is 4.88. The van der Waals surface area contributed by atoms with Crippen molar-refractivity contribution in [3.8, 4) is 0 Å². The molecule has 0 saturated heterocycles. The van der Waals surface area contributed by atoms with Crippen LogP contribution in [0.25, 0.3) is 0 Å². The number of hydrogen-bond acceptors (Lipinski definition) is 5. The van der Waals surface area contributed by atoms with Crippen molar-refractivity contribution in [1.82, 2.24) is 15.5 Å². The summed E-state index contributed by atoms with van der Waals surface area (Å²) in [6, 6.07) is 10.4. The van der Waals surface area contributed by atoms with E-state index in [1.165, 1.54) is 4.90 Å². The van der Waals surface area contributed by atoms with Crippen molar-refractivity contribution < 1.29 is 4.52 Å². The van der Waals surface area contributed by atoms with Crippen LogP contribution in [0.3, 0.4) is 0 Å². The van der Waals surface area contributed by atoms with Gasteiger partial charge in [-0.15, -0.1) is 11.8 Å². The summed E-state index contributed by atoms with van der Waals surface area (Å²) >= 11 is 1.83. The van der Waals surface area contributed by atoms with Crippen LogP contribution in [-0.4, -0.2) is 22.4 Å². The van der Waals surface area contributed by atoms with E-state index in [4.69, 9.17) is 4.52 Å². The van der Waals surface area contributed by atoms with Gasteiger partial charge >= 0.3 is 0 Å². The van der Waals surface area contributed by atoms with Crippen molar-refractivity contribution in [2.24, 2.45) is 0 Å². The van der Waals surface area contributed by atoms with E-state index in [2.05, 4.69) is 39.7 Å². The number of aryl methyl sites for hydroxylation is 1. The second kappa shape index (κ2) is 6.42. The Morgan fingerprint density at radius 3 is 2.82 bits per heavy atom. The Labute approximate surface area is 105 Å². The molecule has 0 aliphatic heterocycles. The average molecular weight is 249 g/mol. The lowest BCUT2D eigenvalue weighted by Crippen LogP contribution is -2.17. The summed E-state index contributed by atoms with van der Waals surface area (Å²) in [7, 11) is 0. The lowest BCUT2D eigenvalue weighted by atomic mass is 10.4. The molecule has 1 aromatic heterocycles. The van der Waals surface area contributed by atoms with Gasteiger partial charge < -0.3 is 9.84 Å². The fourth-order valence-electron chi connectivity index (χ4n) is 1.37. The van der Waals surface area contributed by atoms with Crippen molar-refractivity contribution in [2.75, 3.05) is 12.3 Å². The van der Waals surface area contributed by atoms with E-state index in [1.54, 1.807) is 6.92 Å². The van der Waals surface area contributed by atoms with Gasteiger partial charge in [0.1, 0.15) is 0 Å². The van der Waals surface area contributed by atoms with Crippen LogP contribution < -0.4 is 5.32 Å². The van der Waals surface area contributed by atoms with E-state index in [1.807, 2.05) is 17.8 Å². The highest BCUT2D eigenvalue weighted by Gasteiger charge is 2.00. The Morgan fingerprint density at radius 1 is 1.29 bits per heavy atom. The summed E-state index contributed by atoms with van der Waals surface area (Å²) in [6.45, 7) is 3.38. The van der Waals surface area contributed by atoms with E-state index in [0.29, 0.717) is 18.3 Å². The van der Waals surface area contributed by atoms with Gasteiger partial charge in [0.25, 0.3) is 0 Å². The number of nitrogens with zero attached hydrogens (tertiary/aromatic N) is 2. The van der Waals surface area contributed by atoms with Crippen LogP contribution in [0.2, 0.25) is 0 Å². The molecular formula is C12H15N3OS. The van der Waals surface area contributed by atoms with Gasteiger partial charge in [0.05, 0.1) is 6.54 Å². The first-order valence-electron chi connectivity index (χ1n) is 5.52. The molecular weight excluding hydrogens is 234 g/mol. The molecule has 0 saturated carbocycles. The first kappa shape index (κ1) is 12.1. The number of thioether (sulfide) groups is 1. The molecule has 0 atom stereocenters. The maximum atomic E-state index is 4.88. The van der Waals surface area contributed by atoms with E-state index in [9.17, 15) is 0 Å². The number of aromatic nitrogens is 2. The quantitative estimate of drug-likeness (QED) is 0.628. The first-order chi connectivity index (χ1) is 8.34. The zero-order valence-electron chi connectivity index (χ0n) is 9.72. The van der Waals surface area contributed by atoms with E-state index in [0.717, 1.165) is 12.3 Å². The zero-order chi connectivity index (χ0) is 11.9. The summed E-state index contributed by atoms with van der Waals surface area (Å²) in [5, 5.41) is 7.10. The van der Waals surface area contributed by atoms with Crippen LogP contribution in [0, 0.1) is 6.92 Å². The van der Waals surface area contributed by atoms with Gasteiger partial charge in [0.2, 0.25) is 5.89 Å². The summed E-state index contributed by atoms with van der Waals surface area (Å²) in [6.07, 6.45) is 0. The molecule has 0 radical (unpaired) electrons. The molecule has 5 heteroatoms. The normalized spacial score (nSPS) is 10.6. The fraction of sp³-hybridized carbons (Fsp3) is 0.333. The Hall–Kier alpha value is -1.33. The largest absolute Gasteiger partial charge is 0.340 e. The lowest BCUT2D eigenvalue weighted by Gasteiger charge is -2.02. The van der Waals surface area contributed by atoms with Gasteiger partial charge in [0, 0.05) is 24.1 Å². The SMILES string of the molecule is Cc1nc(CNCCSc2ccccc2)no1. The molecule has 90 valence electrons. The van der Waals surface area contributed by atoms with Crippen LogP contribution in [0.5, 0.6) is 0 Å². The van der Waals surface area contributed by atoms with Crippen molar-refractivity contribution >= 4 is 11.8 Å². The van der Waals surface area contributed by atoms with E-state index in [-0.39, 0.29) is 0 Å². The molecule has 17 heavy (non-hydrogen) atoms. The average Bonchev–Trinajstić information content (AvgIpc) is 2.76. The molecule has 1 N–H and O–H groups in total. The van der Waals surface area contributed by atoms with Gasteiger partial charge in [-0.1, -0.05) is 23.4 Å². The molecule has 0 spiro atoms. The standard InChI is InChI=1S/C12H15N3OS/c1-10-14-12(15-16-10)9-13-7-8-17-11-5-3-2-4-6-11/h2-6,13H,7-9H2,1H3. The Bertz CT molecular complexity index is 444. The third-order valence-electron chi connectivity index (χ3n) is 2.14. The minimum atomic E-state index is 0.612. The molecule has 2 aromatic rings. The summed E-state index contributed by atoms with van der Waals surface area (Å²) < 4.78 is 4.88. The summed E-state index contributed by atoms with van der Waals surface area (Å²) in [5.74, 6) is 2.36. The highest BCUT2D eigenvalue weighted by Crippen LogP contribution is 2.15. The molecule has 0 aliphatic rings. The van der Waals surface area contributed by atoms with Crippen molar-refractivity contribution in [3.63, 3.8) is 0 Å². The smallest absolute Gasteiger partial charge is 0.223 e. The minimum Gasteiger partial charge on any atom is -0.340 e. The summed E-state index contributed by atoms with van der Waals surface area (Å²) in [5.41, 5.74) is 0. The predicted molar refractivity (Wildman–Crippen MR) is 67.9 cm³/mol. The third kappa shape index (κ3) is 4.20. The highest BCUT2D eigenvalue weighted by molar-refractivity contribution is 7.99. The molecule has 0 amide bonds. The molecule has 0 bridgehead atoms. The number of hydrogen-bond donors (Lipinski definition) is 1. The molecule has 0 unspecified atom stereocenters. The second-order valence-corrected chi connectivity index (χ2v) is 4.74. The van der Waals surface area contributed by atoms with E-state index < -0.39 is 0 Å². The number of rotatable bonds is 6. The monoisotopic (exact) mass is 249 g/mol. The maximum Gasteiger partial charge on any atom is 0.223 e. The molecule has 1 heterocycles. The lowest BCUT2D eigenvalue weighted by molar-refractivity contribution is 0.386. The first-order valence-corrected chi connectivity index (χ1v) is 6.51. The second-order valence-electron chi connectivity index (χ2n) is 3.57. The van der Waals surface area contributed by atoms with Gasteiger partial charge in [-0.3, -0.25) is 0 Å². The van der Waals surface area contributed by atoms with Crippen LogP contribution in [0.15, 0.2) is 39.8 Å². The molecule has 2 rings (SSSR count). The Balaban J connectivity index is 1.61. The Kier molecular flexibility index (Phi) is 4.58. The topological polar surface area (TPSA) is 51.0 Å². The van der Waals surface area contributed by atoms with Crippen molar-refractivity contribution in [2.45, 2.75) is 18.4 Å². The van der Waals surface area contributed by atoms with Crippen molar-refractivity contribution in [1.29, 1.82) is 0 Å². The number of nitrogens with one attached hydrogen (secondary N) is 1. The van der Waals surface area contributed by atoms with Gasteiger partial charge in [-0.25, -0.2) is 0 Å². The zero-order valence-corrected chi connectivity index (χ0v) is 10.5. The summed E-state index contributed by atoms with van der Waals surface area (Å²) in [4.78, 5) is 5.42. The minimum absolute atomic E-state index is 0.612. The third-order valence-corrected chi connectivity index (χ3v) is 3.16. The Morgan fingerprint density at radius 2 is 2.12 bits per heavy atom. The van der Waals surface area contributed by atoms with Gasteiger partial charge in [0.15, 0.2) is 5.82 Å². The van der Waals surface area contributed by atoms with Crippen LogP contribution in [-0.2, 0) is 6.54 Å².